The van der Waals surface area contributed by atoms with Gasteiger partial charge in [-0.05, 0) is 78.3 Å². The monoisotopic (exact) mass is 476 g/mol. The number of nitrogens with zero attached hydrogens (tertiary/aromatic N) is 1. The Labute approximate surface area is 204 Å². The summed E-state index contributed by atoms with van der Waals surface area (Å²) in [5.41, 5.74) is 2.78. The summed E-state index contributed by atoms with van der Waals surface area (Å²) in [6.45, 7) is 3.27. The van der Waals surface area contributed by atoms with Gasteiger partial charge in [-0.3, -0.25) is 9.59 Å². The number of furan rings is 1. The number of amides is 2. The van der Waals surface area contributed by atoms with Gasteiger partial charge >= 0.3 is 0 Å². The highest BCUT2D eigenvalue weighted by Crippen LogP contribution is 2.38. The van der Waals surface area contributed by atoms with Gasteiger partial charge in [0.05, 0.1) is 6.04 Å². The summed E-state index contributed by atoms with van der Waals surface area (Å²) in [6, 6.07) is 15.2. The van der Waals surface area contributed by atoms with E-state index >= 15 is 0 Å². The van der Waals surface area contributed by atoms with E-state index in [0.717, 1.165) is 23.1 Å². The summed E-state index contributed by atoms with van der Waals surface area (Å²) >= 11 is 0. The zero-order valence-corrected chi connectivity index (χ0v) is 19.8. The zero-order valence-electron chi connectivity index (χ0n) is 19.8. The molecule has 182 valence electrons. The van der Waals surface area contributed by atoms with Gasteiger partial charge in [0.15, 0.2) is 5.76 Å². The molecule has 0 radical (unpaired) electrons. The van der Waals surface area contributed by atoms with Gasteiger partial charge in [-0.1, -0.05) is 25.1 Å². The third-order valence-corrected chi connectivity index (χ3v) is 6.65. The lowest BCUT2D eigenvalue weighted by molar-refractivity contribution is -0.132. The van der Waals surface area contributed by atoms with Gasteiger partial charge in [0.2, 0.25) is 5.91 Å². The number of halogens is 1. The summed E-state index contributed by atoms with van der Waals surface area (Å²) in [5, 5.41) is 2.89. The van der Waals surface area contributed by atoms with Gasteiger partial charge in [0.1, 0.15) is 23.9 Å². The van der Waals surface area contributed by atoms with E-state index in [4.69, 9.17) is 9.15 Å². The average Bonchev–Trinajstić information content (AvgIpc) is 3.59. The van der Waals surface area contributed by atoms with Gasteiger partial charge in [0.25, 0.3) is 5.91 Å². The van der Waals surface area contributed by atoms with Crippen LogP contribution in [0.25, 0.3) is 0 Å². The fourth-order valence-electron chi connectivity index (χ4n) is 4.57. The Kier molecular flexibility index (Phi) is 6.57. The molecule has 0 bridgehead atoms. The Morgan fingerprint density at radius 3 is 2.77 bits per heavy atom. The summed E-state index contributed by atoms with van der Waals surface area (Å²) in [7, 11) is 0. The summed E-state index contributed by atoms with van der Waals surface area (Å²) in [6.07, 6.45) is 3.45. The van der Waals surface area contributed by atoms with E-state index in [0.29, 0.717) is 36.9 Å². The number of hydrogen-bond acceptors (Lipinski definition) is 4. The molecule has 1 saturated carbocycles. The molecule has 1 fully saturated rings. The Balaban J connectivity index is 1.34. The molecule has 1 aliphatic heterocycles. The predicted molar refractivity (Wildman–Crippen MR) is 128 cm³/mol. The molecular formula is C28H29FN2O4. The van der Waals surface area contributed by atoms with Crippen LogP contribution in [0, 0.1) is 11.7 Å². The molecule has 1 unspecified atom stereocenters. The van der Waals surface area contributed by atoms with Crippen molar-refractivity contribution in [1.82, 2.24) is 10.2 Å². The normalized spacial score (nSPS) is 17.1. The van der Waals surface area contributed by atoms with E-state index in [2.05, 4.69) is 5.32 Å². The first kappa shape index (κ1) is 23.1. The number of benzene rings is 2. The summed E-state index contributed by atoms with van der Waals surface area (Å²) in [4.78, 5) is 26.8. The smallest absolute Gasteiger partial charge is 0.287 e. The number of fused-ring (bicyclic) bond motifs is 1. The second-order valence-corrected chi connectivity index (χ2v) is 9.22. The highest BCUT2D eigenvalue weighted by molar-refractivity contribution is 5.91. The molecule has 2 aromatic carbocycles. The number of ether oxygens (including phenoxy) is 1. The van der Waals surface area contributed by atoms with Crippen molar-refractivity contribution in [1.29, 1.82) is 0 Å². The van der Waals surface area contributed by atoms with Crippen LogP contribution in [0.3, 0.4) is 0 Å². The maximum absolute atomic E-state index is 14.1. The SMILES string of the molecule is CCC(=O)N1CCc2ccc(OCc3ccc(C(=O)NCC4CC4)o3)cc2C1c1cccc(F)c1. The molecule has 2 heterocycles. The molecule has 5 rings (SSSR count). The van der Waals surface area contributed by atoms with Crippen LogP contribution in [0.2, 0.25) is 0 Å². The van der Waals surface area contributed by atoms with E-state index in [1.165, 1.54) is 25.0 Å². The van der Waals surface area contributed by atoms with E-state index in [-0.39, 0.29) is 36.0 Å². The van der Waals surface area contributed by atoms with Crippen molar-refractivity contribution in [2.24, 2.45) is 5.92 Å². The van der Waals surface area contributed by atoms with Crippen molar-refractivity contribution >= 4 is 11.8 Å². The highest BCUT2D eigenvalue weighted by Gasteiger charge is 2.32. The minimum absolute atomic E-state index is 0.0271. The number of hydrogen-bond donors (Lipinski definition) is 1. The number of rotatable bonds is 8. The second kappa shape index (κ2) is 9.94. The molecular weight excluding hydrogens is 447 g/mol. The lowest BCUT2D eigenvalue weighted by Gasteiger charge is -2.38. The van der Waals surface area contributed by atoms with Crippen molar-refractivity contribution in [3.8, 4) is 5.75 Å². The van der Waals surface area contributed by atoms with Crippen LogP contribution in [-0.4, -0.2) is 29.8 Å². The third-order valence-electron chi connectivity index (χ3n) is 6.65. The minimum Gasteiger partial charge on any atom is -0.486 e. The first-order valence-corrected chi connectivity index (χ1v) is 12.2. The number of nitrogens with one attached hydrogen (secondary N) is 1. The maximum Gasteiger partial charge on any atom is 0.287 e. The van der Waals surface area contributed by atoms with E-state index in [1.54, 1.807) is 18.2 Å². The molecule has 35 heavy (non-hydrogen) atoms. The zero-order chi connectivity index (χ0) is 24.4. The van der Waals surface area contributed by atoms with Crippen molar-refractivity contribution in [3.63, 3.8) is 0 Å². The molecule has 0 saturated heterocycles. The Hall–Kier alpha value is -3.61. The quantitative estimate of drug-likeness (QED) is 0.496. The minimum atomic E-state index is -0.379. The highest BCUT2D eigenvalue weighted by atomic mass is 19.1. The molecule has 1 aromatic heterocycles. The lowest BCUT2D eigenvalue weighted by atomic mass is 9.87. The molecule has 2 amide bonds. The second-order valence-electron chi connectivity index (χ2n) is 9.22. The molecule has 6 nitrogen and oxygen atoms in total. The molecule has 0 spiro atoms. The topological polar surface area (TPSA) is 71.8 Å². The maximum atomic E-state index is 14.1. The Morgan fingerprint density at radius 2 is 2.00 bits per heavy atom. The van der Waals surface area contributed by atoms with Crippen molar-refractivity contribution in [2.75, 3.05) is 13.1 Å². The van der Waals surface area contributed by atoms with Crippen LogP contribution >= 0.6 is 0 Å². The molecule has 1 atom stereocenters. The van der Waals surface area contributed by atoms with Crippen molar-refractivity contribution < 1.29 is 23.1 Å². The first-order chi connectivity index (χ1) is 17.0. The van der Waals surface area contributed by atoms with Crippen LogP contribution in [0.4, 0.5) is 4.39 Å². The number of carbonyl (C=O) groups is 2. The van der Waals surface area contributed by atoms with Gasteiger partial charge in [0, 0.05) is 19.5 Å². The Morgan fingerprint density at radius 1 is 1.14 bits per heavy atom. The molecule has 3 aromatic rings. The van der Waals surface area contributed by atoms with Gasteiger partial charge in [-0.2, -0.15) is 0 Å². The fraction of sp³-hybridized carbons (Fsp3) is 0.357. The van der Waals surface area contributed by atoms with Crippen LogP contribution in [0.15, 0.2) is 59.0 Å². The standard InChI is InChI=1S/C28H29FN2O4/c1-2-26(32)31-13-12-19-8-9-22(15-24(19)27(31)20-4-3-5-21(29)14-20)34-17-23-10-11-25(35-23)28(33)30-16-18-6-7-18/h3-5,8-11,14-15,18,27H,2,6-7,12-13,16-17H2,1H3,(H,30,33). The molecule has 7 heteroatoms. The van der Waals surface area contributed by atoms with Crippen LogP contribution < -0.4 is 10.1 Å². The van der Waals surface area contributed by atoms with Crippen LogP contribution in [-0.2, 0) is 17.8 Å². The van der Waals surface area contributed by atoms with E-state index < -0.39 is 0 Å². The fourth-order valence-corrected chi connectivity index (χ4v) is 4.57. The average molecular weight is 477 g/mol. The Bertz CT molecular complexity index is 1230. The molecule has 1 N–H and O–H groups in total. The summed E-state index contributed by atoms with van der Waals surface area (Å²) < 4.78 is 25.7. The van der Waals surface area contributed by atoms with E-state index in [1.807, 2.05) is 36.1 Å². The molecule has 2 aliphatic rings. The molecule has 1 aliphatic carbocycles. The van der Waals surface area contributed by atoms with Crippen molar-refractivity contribution in [3.05, 3.63) is 88.6 Å². The van der Waals surface area contributed by atoms with Crippen LogP contribution in [0.5, 0.6) is 5.75 Å². The lowest BCUT2D eigenvalue weighted by Crippen LogP contribution is -2.40. The largest absolute Gasteiger partial charge is 0.486 e. The van der Waals surface area contributed by atoms with Gasteiger partial charge < -0.3 is 19.4 Å². The summed E-state index contributed by atoms with van der Waals surface area (Å²) in [5.74, 6) is 1.52. The first-order valence-electron chi connectivity index (χ1n) is 12.2. The van der Waals surface area contributed by atoms with Gasteiger partial charge in [-0.15, -0.1) is 0 Å². The third kappa shape index (κ3) is 5.24. The number of carbonyl (C=O) groups excluding carboxylic acids is 2. The van der Waals surface area contributed by atoms with E-state index in [9.17, 15) is 14.0 Å². The van der Waals surface area contributed by atoms with Gasteiger partial charge in [-0.25, -0.2) is 4.39 Å². The van der Waals surface area contributed by atoms with Crippen molar-refractivity contribution in [2.45, 2.75) is 45.3 Å². The predicted octanol–water partition coefficient (Wildman–Crippen LogP) is 5.02. The van der Waals surface area contributed by atoms with Crippen LogP contribution in [0.1, 0.15) is 65.2 Å².